The lowest BCUT2D eigenvalue weighted by Crippen LogP contribution is -2.52. The van der Waals surface area contributed by atoms with E-state index >= 15 is 0 Å². The molecular weight excluding hydrogens is 734 g/mol. The van der Waals surface area contributed by atoms with Crippen molar-refractivity contribution in [2.24, 2.45) is 7.05 Å². The maximum Gasteiger partial charge on any atom is 0.300 e. The average Bonchev–Trinajstić information content (AvgIpc) is 3.93. The third kappa shape index (κ3) is 8.47. The van der Waals surface area contributed by atoms with E-state index in [2.05, 4.69) is 49.9 Å². The van der Waals surface area contributed by atoms with Gasteiger partial charge in [0.1, 0.15) is 18.1 Å². The van der Waals surface area contributed by atoms with Gasteiger partial charge < -0.3 is 34.2 Å². The number of carbonyl (C=O) groups excluding carboxylic acids is 4. The summed E-state index contributed by atoms with van der Waals surface area (Å²) < 4.78 is 14.0. The molecule has 1 aliphatic heterocycles. The maximum atomic E-state index is 13.1. The molecule has 0 atom stereocenters. The SMILES string of the molecule is C=CC(=O)N1CCN(c2ccc(CCC(=O)NCCCCNC(=O)c3cc(Oc4nc5cc(-c6ccc7c(ccn7C)c6)c(Cl)cc5[nH]4)ccc3C)o2)C(=O)C1. The normalized spacial score (nSPS) is 13.0. The summed E-state index contributed by atoms with van der Waals surface area (Å²) in [4.78, 5) is 60.7. The molecule has 0 spiro atoms. The van der Waals surface area contributed by atoms with E-state index in [0.29, 0.717) is 78.9 Å². The second-order valence-electron chi connectivity index (χ2n) is 13.7. The van der Waals surface area contributed by atoms with Crippen LogP contribution in [0.5, 0.6) is 11.8 Å². The number of hydrogen-bond donors (Lipinski definition) is 3. The van der Waals surface area contributed by atoms with Gasteiger partial charge in [-0.05, 0) is 85.5 Å². The number of H-pyrrole nitrogens is 1. The molecule has 4 heterocycles. The Bertz CT molecular complexity index is 2460. The van der Waals surface area contributed by atoms with E-state index in [1.807, 2.05) is 44.4 Å². The van der Waals surface area contributed by atoms with Gasteiger partial charge in [0.05, 0.1) is 16.1 Å². The van der Waals surface area contributed by atoms with Gasteiger partial charge in [0.25, 0.3) is 11.9 Å². The van der Waals surface area contributed by atoms with Crippen LogP contribution in [0.15, 0.2) is 90.0 Å². The van der Waals surface area contributed by atoms with Crippen molar-refractivity contribution in [1.82, 2.24) is 30.1 Å². The van der Waals surface area contributed by atoms with Crippen LogP contribution in [0.3, 0.4) is 0 Å². The number of unbranched alkanes of at least 4 members (excludes halogenated alkanes) is 1. The Morgan fingerprint density at radius 3 is 2.64 bits per heavy atom. The lowest BCUT2D eigenvalue weighted by atomic mass is 10.0. The second kappa shape index (κ2) is 16.6. The summed E-state index contributed by atoms with van der Waals surface area (Å²) in [7, 11) is 2.01. The lowest BCUT2D eigenvalue weighted by Gasteiger charge is -2.32. The molecule has 1 fully saturated rings. The number of imidazole rings is 1. The number of furan rings is 1. The highest BCUT2D eigenvalue weighted by molar-refractivity contribution is 6.34. The number of aromatic amines is 1. The van der Waals surface area contributed by atoms with Crippen LogP contribution in [-0.2, 0) is 27.9 Å². The predicted octanol–water partition coefficient (Wildman–Crippen LogP) is 6.69. The van der Waals surface area contributed by atoms with Crippen molar-refractivity contribution in [3.05, 3.63) is 107 Å². The van der Waals surface area contributed by atoms with E-state index < -0.39 is 0 Å². The van der Waals surface area contributed by atoms with Crippen LogP contribution in [-0.4, -0.2) is 75.8 Å². The average molecular weight is 776 g/mol. The zero-order valence-corrected chi connectivity index (χ0v) is 31.9. The van der Waals surface area contributed by atoms with Crippen LogP contribution in [0.4, 0.5) is 5.88 Å². The molecule has 0 aliphatic carbocycles. The smallest absolute Gasteiger partial charge is 0.300 e. The molecule has 6 aromatic rings. The second-order valence-corrected chi connectivity index (χ2v) is 14.1. The highest BCUT2D eigenvalue weighted by atomic mass is 35.5. The minimum atomic E-state index is -0.281. The van der Waals surface area contributed by atoms with Crippen LogP contribution in [0.1, 0.15) is 40.9 Å². The molecule has 56 heavy (non-hydrogen) atoms. The van der Waals surface area contributed by atoms with Gasteiger partial charge in [-0.15, -0.1) is 0 Å². The fraction of sp³-hybridized carbons (Fsp3) is 0.262. The van der Waals surface area contributed by atoms with Crippen molar-refractivity contribution in [2.45, 2.75) is 32.6 Å². The number of aromatic nitrogens is 3. The van der Waals surface area contributed by atoms with Crippen molar-refractivity contribution < 1.29 is 28.3 Å². The third-order valence-electron chi connectivity index (χ3n) is 9.84. The summed E-state index contributed by atoms with van der Waals surface area (Å²) in [6.45, 7) is 6.91. The lowest BCUT2D eigenvalue weighted by molar-refractivity contribution is -0.133. The van der Waals surface area contributed by atoms with Crippen molar-refractivity contribution in [1.29, 1.82) is 0 Å². The van der Waals surface area contributed by atoms with Crippen molar-refractivity contribution in [2.75, 3.05) is 37.6 Å². The van der Waals surface area contributed by atoms with Crippen LogP contribution in [0.25, 0.3) is 33.1 Å². The number of nitrogens with zero attached hydrogens (tertiary/aromatic N) is 4. The molecule has 14 heteroatoms. The fourth-order valence-corrected chi connectivity index (χ4v) is 6.99. The summed E-state index contributed by atoms with van der Waals surface area (Å²) in [5.74, 6) is 0.589. The van der Waals surface area contributed by atoms with Crippen LogP contribution < -0.4 is 20.3 Å². The highest BCUT2D eigenvalue weighted by Crippen LogP contribution is 2.35. The molecule has 0 bridgehead atoms. The molecule has 1 aliphatic rings. The molecule has 4 amide bonds. The number of amides is 4. The molecule has 1 saturated heterocycles. The number of ether oxygens (including phenoxy) is 1. The first kappa shape index (κ1) is 38.0. The van der Waals surface area contributed by atoms with Crippen LogP contribution in [0.2, 0.25) is 5.02 Å². The summed E-state index contributed by atoms with van der Waals surface area (Å²) in [6, 6.07) is 21.1. The Kier molecular flexibility index (Phi) is 11.2. The van der Waals surface area contributed by atoms with Gasteiger partial charge in [-0.3, -0.25) is 24.1 Å². The van der Waals surface area contributed by atoms with Crippen LogP contribution in [0, 0.1) is 6.92 Å². The van der Waals surface area contributed by atoms with E-state index in [9.17, 15) is 19.2 Å². The highest BCUT2D eigenvalue weighted by Gasteiger charge is 2.28. The molecule has 7 rings (SSSR count). The molecule has 13 nitrogen and oxygen atoms in total. The maximum absolute atomic E-state index is 13.1. The predicted molar refractivity (Wildman–Crippen MR) is 215 cm³/mol. The van der Waals surface area contributed by atoms with Crippen LogP contribution >= 0.6 is 11.6 Å². The summed E-state index contributed by atoms with van der Waals surface area (Å²) >= 11 is 6.71. The Balaban J connectivity index is 0.844. The zero-order valence-electron chi connectivity index (χ0n) is 31.2. The molecule has 3 N–H and O–H groups in total. The van der Waals surface area contributed by atoms with Gasteiger partial charge in [-0.25, -0.2) is 0 Å². The minimum Gasteiger partial charge on any atom is -0.445 e. The van der Waals surface area contributed by atoms with E-state index in [-0.39, 0.29) is 42.6 Å². The number of halogens is 1. The number of carbonyl (C=O) groups is 4. The first-order valence-corrected chi connectivity index (χ1v) is 18.8. The van der Waals surface area contributed by atoms with Crippen molar-refractivity contribution >= 4 is 63.1 Å². The van der Waals surface area contributed by atoms with Gasteiger partial charge in [-0.2, -0.15) is 4.98 Å². The van der Waals surface area contributed by atoms with Gasteiger partial charge in [-0.1, -0.05) is 30.3 Å². The van der Waals surface area contributed by atoms with E-state index in [4.69, 9.17) is 20.8 Å². The number of nitrogens with one attached hydrogen (secondary N) is 3. The van der Waals surface area contributed by atoms with Crippen molar-refractivity contribution in [3.63, 3.8) is 0 Å². The standard InChI is InChI=1S/C42H42ClN7O6/c1-4-38(52)49-19-20-50(39(53)25-49)40-14-11-29(55-40)10-13-37(51)44-16-5-6-17-45-41(54)31-22-30(9-7-26(31)2)56-42-46-34-23-32(33(43)24-35(34)47-42)27-8-12-36-28(21-27)15-18-48(36)3/h4,7-9,11-12,14-15,18,21-24H,1,5-6,10,13,16-17,19-20,25H2,2-3H3,(H,44,51)(H,45,54)(H,46,47). The number of hydrogen-bond acceptors (Lipinski definition) is 7. The number of aryl methyl sites for hydroxylation is 3. The molecule has 0 radical (unpaired) electrons. The van der Waals surface area contributed by atoms with E-state index in [1.54, 1.807) is 24.3 Å². The minimum absolute atomic E-state index is 0.0363. The first-order chi connectivity index (χ1) is 27.1. The topological polar surface area (TPSA) is 155 Å². The number of benzene rings is 3. The largest absolute Gasteiger partial charge is 0.445 e. The molecule has 0 unspecified atom stereocenters. The number of piperazine rings is 1. The molecule has 288 valence electrons. The van der Waals surface area contributed by atoms with E-state index in [1.165, 1.54) is 15.9 Å². The van der Waals surface area contributed by atoms with Crippen molar-refractivity contribution in [3.8, 4) is 22.9 Å². The molecule has 0 saturated carbocycles. The number of rotatable bonds is 14. The summed E-state index contributed by atoms with van der Waals surface area (Å²) in [5.41, 5.74) is 5.71. The first-order valence-electron chi connectivity index (χ1n) is 18.4. The Morgan fingerprint density at radius 2 is 1.84 bits per heavy atom. The Hall–Kier alpha value is -6.34. The monoisotopic (exact) mass is 775 g/mol. The zero-order chi connectivity index (χ0) is 39.3. The van der Waals surface area contributed by atoms with Gasteiger partial charge in [0, 0.05) is 80.4 Å². The quantitative estimate of drug-likeness (QED) is 0.0823. The molecular formula is C42H42ClN7O6. The summed E-state index contributed by atoms with van der Waals surface area (Å²) in [5, 5.41) is 7.58. The summed E-state index contributed by atoms with van der Waals surface area (Å²) in [6.07, 6.45) is 5.18. The molecule has 3 aromatic carbocycles. The number of fused-ring (bicyclic) bond motifs is 2. The molecule has 3 aromatic heterocycles. The Labute approximate surface area is 328 Å². The number of anilines is 1. The Morgan fingerprint density at radius 1 is 1.02 bits per heavy atom. The van der Waals surface area contributed by atoms with Gasteiger partial charge in [0.15, 0.2) is 0 Å². The van der Waals surface area contributed by atoms with E-state index in [0.717, 1.165) is 33.1 Å². The van der Waals surface area contributed by atoms with Gasteiger partial charge in [0.2, 0.25) is 23.6 Å². The van der Waals surface area contributed by atoms with Gasteiger partial charge >= 0.3 is 0 Å². The fourth-order valence-electron chi connectivity index (χ4n) is 6.72. The third-order valence-corrected chi connectivity index (χ3v) is 10.2.